The summed E-state index contributed by atoms with van der Waals surface area (Å²) in [7, 11) is 0. The Morgan fingerprint density at radius 2 is 1.50 bits per heavy atom. The number of hydrogen-bond donors (Lipinski definition) is 0. The Kier molecular flexibility index (Phi) is 5.82. The Hall–Kier alpha value is -2.48. The SMILES string of the molecule is CCCC(C)Cc1ccc(-c2ccccc2-c2ccc(F)cc2F)cc1. The Bertz CT molecular complexity index is 866. The lowest BCUT2D eigenvalue weighted by atomic mass is 9.92. The lowest BCUT2D eigenvalue weighted by molar-refractivity contribution is 0.522. The molecule has 0 nitrogen and oxygen atoms in total. The van der Waals surface area contributed by atoms with E-state index in [2.05, 4.69) is 38.1 Å². The van der Waals surface area contributed by atoms with E-state index in [-0.39, 0.29) is 0 Å². The molecule has 1 unspecified atom stereocenters. The van der Waals surface area contributed by atoms with Gasteiger partial charge < -0.3 is 0 Å². The topological polar surface area (TPSA) is 0 Å². The van der Waals surface area contributed by atoms with Crippen LogP contribution in [0.4, 0.5) is 8.78 Å². The van der Waals surface area contributed by atoms with Crippen molar-refractivity contribution in [1.82, 2.24) is 0 Å². The van der Waals surface area contributed by atoms with Crippen molar-refractivity contribution in [2.75, 3.05) is 0 Å². The summed E-state index contributed by atoms with van der Waals surface area (Å²) in [6, 6.07) is 19.9. The second-order valence-corrected chi connectivity index (χ2v) is 6.96. The Balaban J connectivity index is 1.93. The number of rotatable bonds is 6. The first-order valence-electron chi connectivity index (χ1n) is 9.22. The highest BCUT2D eigenvalue weighted by Crippen LogP contribution is 2.34. The Labute approximate surface area is 154 Å². The summed E-state index contributed by atoms with van der Waals surface area (Å²) in [4.78, 5) is 0. The molecule has 0 spiro atoms. The van der Waals surface area contributed by atoms with Crippen LogP contribution in [-0.4, -0.2) is 0 Å². The maximum atomic E-state index is 14.3. The van der Waals surface area contributed by atoms with Gasteiger partial charge in [0.25, 0.3) is 0 Å². The van der Waals surface area contributed by atoms with Crippen molar-refractivity contribution in [3.63, 3.8) is 0 Å². The van der Waals surface area contributed by atoms with Gasteiger partial charge in [0.1, 0.15) is 11.6 Å². The van der Waals surface area contributed by atoms with Gasteiger partial charge >= 0.3 is 0 Å². The van der Waals surface area contributed by atoms with E-state index in [4.69, 9.17) is 0 Å². The first-order chi connectivity index (χ1) is 12.6. The Morgan fingerprint density at radius 3 is 2.15 bits per heavy atom. The summed E-state index contributed by atoms with van der Waals surface area (Å²) < 4.78 is 27.5. The fourth-order valence-corrected chi connectivity index (χ4v) is 3.50. The smallest absolute Gasteiger partial charge is 0.133 e. The third-order valence-electron chi connectivity index (χ3n) is 4.78. The van der Waals surface area contributed by atoms with E-state index in [1.54, 1.807) is 0 Å². The van der Waals surface area contributed by atoms with Gasteiger partial charge in [0.15, 0.2) is 0 Å². The fourth-order valence-electron chi connectivity index (χ4n) is 3.50. The number of benzene rings is 3. The summed E-state index contributed by atoms with van der Waals surface area (Å²) in [5.74, 6) is -0.428. The molecule has 1 atom stereocenters. The van der Waals surface area contributed by atoms with E-state index in [1.807, 2.05) is 24.3 Å². The van der Waals surface area contributed by atoms with Gasteiger partial charge in [-0.1, -0.05) is 75.2 Å². The predicted molar refractivity (Wildman–Crippen MR) is 105 cm³/mol. The maximum absolute atomic E-state index is 14.3. The van der Waals surface area contributed by atoms with Crippen molar-refractivity contribution in [2.24, 2.45) is 5.92 Å². The van der Waals surface area contributed by atoms with Gasteiger partial charge in [-0.3, -0.25) is 0 Å². The predicted octanol–water partition coefficient (Wildman–Crippen LogP) is 7.28. The Morgan fingerprint density at radius 1 is 0.808 bits per heavy atom. The second kappa shape index (κ2) is 8.27. The molecule has 0 saturated carbocycles. The van der Waals surface area contributed by atoms with E-state index in [0.29, 0.717) is 11.5 Å². The van der Waals surface area contributed by atoms with Crippen LogP contribution in [0.25, 0.3) is 22.3 Å². The van der Waals surface area contributed by atoms with E-state index in [9.17, 15) is 8.78 Å². The van der Waals surface area contributed by atoms with Gasteiger partial charge in [-0.25, -0.2) is 8.78 Å². The largest absolute Gasteiger partial charge is 0.207 e. The summed E-state index contributed by atoms with van der Waals surface area (Å²) >= 11 is 0. The molecule has 0 N–H and O–H groups in total. The van der Waals surface area contributed by atoms with Crippen LogP contribution < -0.4 is 0 Å². The monoisotopic (exact) mass is 350 g/mol. The zero-order chi connectivity index (χ0) is 18.5. The fraction of sp³-hybridized carbons (Fsp3) is 0.250. The zero-order valence-corrected chi connectivity index (χ0v) is 15.3. The van der Waals surface area contributed by atoms with Crippen LogP contribution in [-0.2, 0) is 6.42 Å². The van der Waals surface area contributed by atoms with Gasteiger partial charge in [0.05, 0.1) is 0 Å². The molecule has 2 heteroatoms. The average molecular weight is 350 g/mol. The quantitative estimate of drug-likeness (QED) is 0.438. The van der Waals surface area contributed by atoms with E-state index in [0.717, 1.165) is 29.2 Å². The van der Waals surface area contributed by atoms with Gasteiger partial charge in [0.2, 0.25) is 0 Å². The van der Waals surface area contributed by atoms with Crippen LogP contribution in [0.1, 0.15) is 32.3 Å². The van der Waals surface area contributed by atoms with Crippen molar-refractivity contribution in [1.29, 1.82) is 0 Å². The summed E-state index contributed by atoms with van der Waals surface area (Å²) in [5, 5.41) is 0. The molecule has 0 aliphatic rings. The highest BCUT2D eigenvalue weighted by Gasteiger charge is 2.12. The van der Waals surface area contributed by atoms with E-state index >= 15 is 0 Å². The zero-order valence-electron chi connectivity index (χ0n) is 15.3. The molecular weight excluding hydrogens is 326 g/mol. The minimum atomic E-state index is -0.561. The molecule has 0 heterocycles. The molecule has 3 aromatic rings. The molecule has 0 saturated heterocycles. The van der Waals surface area contributed by atoms with Gasteiger partial charge in [-0.15, -0.1) is 0 Å². The average Bonchev–Trinajstić information content (AvgIpc) is 2.63. The third-order valence-corrected chi connectivity index (χ3v) is 4.78. The number of halogens is 2. The van der Waals surface area contributed by atoms with Crippen LogP contribution in [0, 0.1) is 17.6 Å². The van der Waals surface area contributed by atoms with Gasteiger partial charge in [-0.05, 0) is 46.7 Å². The second-order valence-electron chi connectivity index (χ2n) is 6.96. The summed E-state index contributed by atoms with van der Waals surface area (Å²) in [6.07, 6.45) is 3.51. The molecule has 0 aliphatic carbocycles. The molecule has 134 valence electrons. The molecule has 0 bridgehead atoms. The normalized spacial score (nSPS) is 12.2. The van der Waals surface area contributed by atoms with Crippen molar-refractivity contribution >= 4 is 0 Å². The molecule has 3 aromatic carbocycles. The van der Waals surface area contributed by atoms with Crippen molar-refractivity contribution in [3.05, 3.63) is 83.9 Å². The summed E-state index contributed by atoms with van der Waals surface area (Å²) in [6.45, 7) is 4.50. The van der Waals surface area contributed by atoms with Crippen LogP contribution in [0.3, 0.4) is 0 Å². The first-order valence-corrected chi connectivity index (χ1v) is 9.22. The van der Waals surface area contributed by atoms with Crippen LogP contribution in [0.5, 0.6) is 0 Å². The molecule has 0 fully saturated rings. The molecule has 0 amide bonds. The van der Waals surface area contributed by atoms with Crippen molar-refractivity contribution in [2.45, 2.75) is 33.1 Å². The lowest BCUT2D eigenvalue weighted by Crippen LogP contribution is -1.99. The minimum Gasteiger partial charge on any atom is -0.207 e. The van der Waals surface area contributed by atoms with Crippen LogP contribution in [0.2, 0.25) is 0 Å². The van der Waals surface area contributed by atoms with Crippen LogP contribution in [0.15, 0.2) is 66.7 Å². The molecule has 3 rings (SSSR count). The molecule has 0 aliphatic heterocycles. The van der Waals surface area contributed by atoms with Crippen molar-refractivity contribution < 1.29 is 8.78 Å². The van der Waals surface area contributed by atoms with Gasteiger partial charge in [-0.2, -0.15) is 0 Å². The first kappa shape index (κ1) is 18.3. The third kappa shape index (κ3) is 4.19. The van der Waals surface area contributed by atoms with E-state index in [1.165, 1.54) is 30.5 Å². The standard InChI is InChI=1S/C24H24F2/c1-3-6-17(2)15-18-9-11-19(12-10-18)21-7-4-5-8-22(21)23-14-13-20(25)16-24(23)26/h4-5,7-14,16-17H,3,6,15H2,1-2H3. The molecular formula is C24H24F2. The van der Waals surface area contributed by atoms with Crippen molar-refractivity contribution in [3.8, 4) is 22.3 Å². The molecule has 26 heavy (non-hydrogen) atoms. The number of hydrogen-bond acceptors (Lipinski definition) is 0. The summed E-state index contributed by atoms with van der Waals surface area (Å²) in [5.41, 5.74) is 4.50. The molecule has 0 aromatic heterocycles. The lowest BCUT2D eigenvalue weighted by Gasteiger charge is -2.13. The van der Waals surface area contributed by atoms with E-state index < -0.39 is 11.6 Å². The highest BCUT2D eigenvalue weighted by molar-refractivity contribution is 5.83. The highest BCUT2D eigenvalue weighted by atomic mass is 19.1. The van der Waals surface area contributed by atoms with Gasteiger partial charge in [0, 0.05) is 11.6 Å². The maximum Gasteiger partial charge on any atom is 0.133 e. The minimum absolute atomic E-state index is 0.419. The van der Waals surface area contributed by atoms with Crippen LogP contribution >= 0.6 is 0 Å². The molecule has 0 radical (unpaired) electrons.